The molecule has 0 radical (unpaired) electrons. The summed E-state index contributed by atoms with van der Waals surface area (Å²) in [5.41, 5.74) is 0. The summed E-state index contributed by atoms with van der Waals surface area (Å²) in [5.74, 6) is 0.955. The highest BCUT2D eigenvalue weighted by Crippen LogP contribution is 2.25. The Morgan fingerprint density at radius 1 is 1.11 bits per heavy atom. The van der Waals surface area contributed by atoms with Crippen LogP contribution >= 0.6 is 0 Å². The van der Waals surface area contributed by atoms with Gasteiger partial charge in [-0.05, 0) is 32.2 Å². The first-order chi connectivity index (χ1) is 8.75. The van der Waals surface area contributed by atoms with Gasteiger partial charge in [-0.15, -0.1) is 0 Å². The molecule has 0 aromatic carbocycles. The van der Waals surface area contributed by atoms with Crippen LogP contribution in [0.2, 0.25) is 0 Å². The Labute approximate surface area is 113 Å². The van der Waals surface area contributed by atoms with E-state index >= 15 is 0 Å². The molecule has 1 heterocycles. The van der Waals surface area contributed by atoms with E-state index in [4.69, 9.17) is 0 Å². The summed E-state index contributed by atoms with van der Waals surface area (Å²) >= 11 is 0. The van der Waals surface area contributed by atoms with Gasteiger partial charge in [-0.2, -0.15) is 0 Å². The van der Waals surface area contributed by atoms with Crippen molar-refractivity contribution in [2.24, 2.45) is 5.92 Å². The molecule has 3 heteroatoms. The molecule has 1 saturated carbocycles. The third-order valence-electron chi connectivity index (χ3n) is 4.83. The van der Waals surface area contributed by atoms with Gasteiger partial charge in [-0.25, -0.2) is 0 Å². The third-order valence-corrected chi connectivity index (χ3v) is 4.83. The van der Waals surface area contributed by atoms with Gasteiger partial charge in [-0.1, -0.05) is 19.8 Å². The van der Waals surface area contributed by atoms with Gasteiger partial charge in [0.1, 0.15) is 0 Å². The summed E-state index contributed by atoms with van der Waals surface area (Å²) in [6, 6.07) is 0.845. The van der Waals surface area contributed by atoms with Crippen molar-refractivity contribution in [1.82, 2.24) is 15.1 Å². The Morgan fingerprint density at radius 3 is 2.67 bits per heavy atom. The quantitative estimate of drug-likeness (QED) is 0.771. The second kappa shape index (κ2) is 7.46. The maximum absolute atomic E-state index is 3.42. The van der Waals surface area contributed by atoms with Crippen LogP contribution in [0.1, 0.15) is 39.0 Å². The Kier molecular flexibility index (Phi) is 5.93. The highest BCUT2D eigenvalue weighted by Gasteiger charge is 2.20. The SMILES string of the molecule is CC1CCCC(N(C)CCN2CCNCC2)CC1. The minimum Gasteiger partial charge on any atom is -0.314 e. The van der Waals surface area contributed by atoms with Crippen molar-refractivity contribution in [2.75, 3.05) is 46.3 Å². The standard InChI is InChI=1S/C15H31N3/c1-14-4-3-5-15(7-6-14)17(2)12-13-18-10-8-16-9-11-18/h14-16H,3-13H2,1-2H3. The molecule has 0 bridgehead atoms. The first-order valence-electron chi connectivity index (χ1n) is 7.89. The number of hydrogen-bond acceptors (Lipinski definition) is 3. The van der Waals surface area contributed by atoms with Gasteiger partial charge in [0.15, 0.2) is 0 Å². The number of nitrogens with zero attached hydrogens (tertiary/aromatic N) is 2. The average molecular weight is 253 g/mol. The molecule has 106 valence electrons. The van der Waals surface area contributed by atoms with Crippen LogP contribution in [0.3, 0.4) is 0 Å². The van der Waals surface area contributed by atoms with Crippen LogP contribution in [0.4, 0.5) is 0 Å². The zero-order chi connectivity index (χ0) is 12.8. The zero-order valence-corrected chi connectivity index (χ0v) is 12.3. The first kappa shape index (κ1) is 14.3. The second-order valence-electron chi connectivity index (χ2n) is 6.34. The topological polar surface area (TPSA) is 18.5 Å². The molecular formula is C15H31N3. The Hall–Kier alpha value is -0.120. The van der Waals surface area contributed by atoms with Crippen LogP contribution in [0.25, 0.3) is 0 Å². The number of piperazine rings is 1. The number of hydrogen-bond donors (Lipinski definition) is 1. The van der Waals surface area contributed by atoms with E-state index in [1.54, 1.807) is 0 Å². The van der Waals surface area contributed by atoms with Gasteiger partial charge < -0.3 is 10.2 Å². The Morgan fingerprint density at radius 2 is 1.89 bits per heavy atom. The summed E-state index contributed by atoms with van der Waals surface area (Å²) in [5, 5.41) is 3.42. The van der Waals surface area contributed by atoms with Crippen molar-refractivity contribution in [1.29, 1.82) is 0 Å². The molecule has 1 saturated heterocycles. The van der Waals surface area contributed by atoms with Gasteiger partial charge in [0, 0.05) is 45.3 Å². The van der Waals surface area contributed by atoms with E-state index in [1.165, 1.54) is 71.4 Å². The van der Waals surface area contributed by atoms with E-state index in [1.807, 2.05) is 0 Å². The van der Waals surface area contributed by atoms with Crippen LogP contribution in [-0.2, 0) is 0 Å². The van der Waals surface area contributed by atoms with E-state index in [2.05, 4.69) is 29.1 Å². The summed E-state index contributed by atoms with van der Waals surface area (Å²) in [4.78, 5) is 5.23. The lowest BCUT2D eigenvalue weighted by molar-refractivity contribution is 0.167. The molecule has 1 aliphatic carbocycles. The second-order valence-corrected chi connectivity index (χ2v) is 6.34. The lowest BCUT2D eigenvalue weighted by atomic mass is 10.0. The van der Waals surface area contributed by atoms with Crippen LogP contribution in [-0.4, -0.2) is 62.2 Å². The van der Waals surface area contributed by atoms with E-state index in [-0.39, 0.29) is 0 Å². The molecule has 0 aromatic rings. The Bertz CT molecular complexity index is 226. The van der Waals surface area contributed by atoms with E-state index in [0.29, 0.717) is 0 Å². The molecule has 0 spiro atoms. The predicted molar refractivity (Wildman–Crippen MR) is 78.0 cm³/mol. The van der Waals surface area contributed by atoms with Gasteiger partial charge >= 0.3 is 0 Å². The van der Waals surface area contributed by atoms with Crippen molar-refractivity contribution < 1.29 is 0 Å². The monoisotopic (exact) mass is 253 g/mol. The highest BCUT2D eigenvalue weighted by atomic mass is 15.2. The molecular weight excluding hydrogens is 222 g/mol. The fourth-order valence-electron chi connectivity index (χ4n) is 3.32. The molecule has 2 atom stereocenters. The maximum atomic E-state index is 3.42. The first-order valence-corrected chi connectivity index (χ1v) is 7.89. The maximum Gasteiger partial charge on any atom is 0.0110 e. The number of nitrogens with one attached hydrogen (secondary N) is 1. The van der Waals surface area contributed by atoms with E-state index < -0.39 is 0 Å². The largest absolute Gasteiger partial charge is 0.314 e. The van der Waals surface area contributed by atoms with Gasteiger partial charge in [0.05, 0.1) is 0 Å². The van der Waals surface area contributed by atoms with Crippen molar-refractivity contribution in [3.63, 3.8) is 0 Å². The predicted octanol–water partition coefficient (Wildman–Crippen LogP) is 1.79. The lowest BCUT2D eigenvalue weighted by Crippen LogP contribution is -2.47. The molecule has 2 unspecified atom stereocenters. The summed E-state index contributed by atoms with van der Waals surface area (Å²) < 4.78 is 0. The number of rotatable bonds is 4. The van der Waals surface area contributed by atoms with Crippen LogP contribution in [0.5, 0.6) is 0 Å². The molecule has 2 rings (SSSR count). The summed E-state index contributed by atoms with van der Waals surface area (Å²) in [6.07, 6.45) is 7.15. The van der Waals surface area contributed by atoms with Crippen LogP contribution < -0.4 is 5.32 Å². The molecule has 18 heavy (non-hydrogen) atoms. The van der Waals surface area contributed by atoms with Gasteiger partial charge in [-0.3, -0.25) is 4.90 Å². The summed E-state index contributed by atoms with van der Waals surface area (Å²) in [6.45, 7) is 9.73. The zero-order valence-electron chi connectivity index (χ0n) is 12.3. The number of likely N-dealkylation sites (N-methyl/N-ethyl adjacent to an activating group) is 1. The minimum absolute atomic E-state index is 0.845. The van der Waals surface area contributed by atoms with E-state index in [0.717, 1.165) is 12.0 Å². The van der Waals surface area contributed by atoms with Crippen LogP contribution in [0, 0.1) is 5.92 Å². The van der Waals surface area contributed by atoms with Crippen molar-refractivity contribution in [3.05, 3.63) is 0 Å². The van der Waals surface area contributed by atoms with Gasteiger partial charge in [0.2, 0.25) is 0 Å². The fraction of sp³-hybridized carbons (Fsp3) is 1.00. The molecule has 2 fully saturated rings. The lowest BCUT2D eigenvalue weighted by Gasteiger charge is -2.32. The molecule has 0 amide bonds. The fourth-order valence-corrected chi connectivity index (χ4v) is 3.32. The van der Waals surface area contributed by atoms with Crippen molar-refractivity contribution >= 4 is 0 Å². The van der Waals surface area contributed by atoms with Gasteiger partial charge in [0.25, 0.3) is 0 Å². The van der Waals surface area contributed by atoms with Crippen LogP contribution in [0.15, 0.2) is 0 Å². The molecule has 0 aromatic heterocycles. The van der Waals surface area contributed by atoms with Crippen molar-refractivity contribution in [2.45, 2.75) is 45.1 Å². The van der Waals surface area contributed by atoms with E-state index in [9.17, 15) is 0 Å². The highest BCUT2D eigenvalue weighted by molar-refractivity contribution is 4.76. The normalized spacial score (nSPS) is 31.5. The third kappa shape index (κ3) is 4.52. The average Bonchev–Trinajstić information content (AvgIpc) is 2.62. The molecule has 2 aliphatic rings. The molecule has 3 nitrogen and oxygen atoms in total. The van der Waals surface area contributed by atoms with Crippen molar-refractivity contribution in [3.8, 4) is 0 Å². The smallest absolute Gasteiger partial charge is 0.0110 e. The molecule has 1 aliphatic heterocycles. The minimum atomic E-state index is 0.845. The molecule has 1 N–H and O–H groups in total. The Balaban J connectivity index is 1.68. The summed E-state index contributed by atoms with van der Waals surface area (Å²) in [7, 11) is 2.34.